The molecule has 2 heterocycles. The number of nitrogens with zero attached hydrogens (tertiary/aromatic N) is 4. The fourth-order valence-corrected chi connectivity index (χ4v) is 6.02. The number of amides is 3. The number of halogens is 4. The van der Waals surface area contributed by atoms with E-state index in [-0.39, 0.29) is 18.3 Å². The van der Waals surface area contributed by atoms with Crippen LogP contribution in [0.5, 0.6) is 11.5 Å². The van der Waals surface area contributed by atoms with Gasteiger partial charge < -0.3 is 19.3 Å². The molecule has 11 nitrogen and oxygen atoms in total. The Morgan fingerprint density at radius 2 is 1.68 bits per heavy atom. The van der Waals surface area contributed by atoms with Crippen molar-refractivity contribution in [3.8, 4) is 11.5 Å². The molecule has 0 spiro atoms. The van der Waals surface area contributed by atoms with Crippen LogP contribution in [0.15, 0.2) is 53.5 Å². The van der Waals surface area contributed by atoms with Crippen molar-refractivity contribution in [2.45, 2.75) is 51.4 Å². The van der Waals surface area contributed by atoms with E-state index in [1.165, 1.54) is 24.1 Å². The number of imide groups is 1. The number of ether oxygens (including phenoxy) is 2. The van der Waals surface area contributed by atoms with Crippen LogP contribution in [0.1, 0.15) is 26.3 Å². The molecule has 2 aliphatic heterocycles. The lowest BCUT2D eigenvalue weighted by Crippen LogP contribution is -2.66. The molecule has 2 aromatic rings. The molecule has 1 N–H and O–H groups in total. The van der Waals surface area contributed by atoms with Crippen molar-refractivity contribution in [1.29, 1.82) is 0 Å². The molecule has 41 heavy (non-hydrogen) atoms. The number of amidine groups is 1. The van der Waals surface area contributed by atoms with Crippen molar-refractivity contribution in [1.82, 2.24) is 19.4 Å². The van der Waals surface area contributed by atoms with E-state index >= 15 is 0 Å². The van der Waals surface area contributed by atoms with Gasteiger partial charge in [-0.05, 0) is 50.6 Å². The molecule has 0 radical (unpaired) electrons. The zero-order chi connectivity index (χ0) is 30.3. The molecule has 0 bridgehead atoms. The molecular formula is C25H27ClF3N5O6S. The standard InChI is InChI=1S/C25H27ClF3N5O6S/c1-24(2,3)31-41(37,38)14-34-21(35)19-20(32(4)23(34)36)30-22(33(19)13-15-8-10-16(26)11-9-15)39-17-6-5-7-18(12-17)40-25(27,28)29/h5-12,19-20,31H,13-14H2,1-4H3. The normalized spacial score (nSPS) is 19.8. The molecule has 3 amide bonds. The quantitative estimate of drug-likeness (QED) is 0.502. The van der Waals surface area contributed by atoms with Gasteiger partial charge >= 0.3 is 12.4 Å². The van der Waals surface area contributed by atoms with Crippen LogP contribution in [0.3, 0.4) is 0 Å². The van der Waals surface area contributed by atoms with E-state index in [1.54, 1.807) is 45.0 Å². The summed E-state index contributed by atoms with van der Waals surface area (Å²) in [6, 6.07) is 9.05. The Morgan fingerprint density at radius 3 is 2.29 bits per heavy atom. The predicted octanol–water partition coefficient (Wildman–Crippen LogP) is 3.75. The largest absolute Gasteiger partial charge is 0.573 e. The van der Waals surface area contributed by atoms with Crippen LogP contribution in [0, 0.1) is 0 Å². The Balaban J connectivity index is 1.68. The third-order valence-electron chi connectivity index (χ3n) is 5.83. The van der Waals surface area contributed by atoms with E-state index in [0.717, 1.165) is 17.0 Å². The molecule has 0 saturated carbocycles. The molecule has 2 aromatic carbocycles. The lowest BCUT2D eigenvalue weighted by atomic mass is 10.1. The van der Waals surface area contributed by atoms with Crippen LogP contribution in [-0.4, -0.2) is 78.1 Å². The lowest BCUT2D eigenvalue weighted by molar-refractivity contribution is -0.274. The van der Waals surface area contributed by atoms with Gasteiger partial charge in [0.15, 0.2) is 12.2 Å². The maximum atomic E-state index is 13.7. The van der Waals surface area contributed by atoms with Crippen molar-refractivity contribution in [3.63, 3.8) is 0 Å². The molecule has 2 aliphatic rings. The number of sulfonamides is 1. The second-order valence-electron chi connectivity index (χ2n) is 10.4. The highest BCUT2D eigenvalue weighted by atomic mass is 35.5. The summed E-state index contributed by atoms with van der Waals surface area (Å²) in [4.78, 5) is 34.4. The molecule has 0 aliphatic carbocycles. The van der Waals surface area contributed by atoms with E-state index in [2.05, 4.69) is 14.5 Å². The van der Waals surface area contributed by atoms with E-state index in [1.807, 2.05) is 0 Å². The number of carbonyl (C=O) groups excluding carboxylic acids is 2. The molecule has 0 aromatic heterocycles. The Kier molecular flexibility index (Phi) is 8.17. The molecule has 2 atom stereocenters. The van der Waals surface area contributed by atoms with E-state index in [9.17, 15) is 31.2 Å². The van der Waals surface area contributed by atoms with E-state index in [0.29, 0.717) is 15.5 Å². The van der Waals surface area contributed by atoms with Gasteiger partial charge in [-0.3, -0.25) is 4.79 Å². The molecule has 1 saturated heterocycles. The van der Waals surface area contributed by atoms with Crippen molar-refractivity contribution < 1.29 is 40.7 Å². The lowest BCUT2D eigenvalue weighted by Gasteiger charge is -2.41. The first-order valence-corrected chi connectivity index (χ1v) is 14.2. The maximum absolute atomic E-state index is 13.7. The Bertz CT molecular complexity index is 1460. The fourth-order valence-electron chi connectivity index (χ4n) is 4.32. The summed E-state index contributed by atoms with van der Waals surface area (Å²) >= 11 is 6.00. The summed E-state index contributed by atoms with van der Waals surface area (Å²) in [5.41, 5.74) is -0.209. The average molecular weight is 618 g/mol. The van der Waals surface area contributed by atoms with Crippen LogP contribution in [-0.2, 0) is 21.4 Å². The van der Waals surface area contributed by atoms with Gasteiger partial charge in [0.2, 0.25) is 10.0 Å². The van der Waals surface area contributed by atoms with Crippen LogP contribution in [0.25, 0.3) is 0 Å². The van der Waals surface area contributed by atoms with Crippen molar-refractivity contribution in [3.05, 3.63) is 59.1 Å². The minimum absolute atomic E-state index is 0.00448. The second kappa shape index (κ2) is 11.0. The number of hydrogen-bond acceptors (Lipinski definition) is 8. The minimum atomic E-state index is -4.93. The van der Waals surface area contributed by atoms with Gasteiger partial charge in [0.25, 0.3) is 11.9 Å². The summed E-state index contributed by atoms with van der Waals surface area (Å²) < 4.78 is 76.0. The van der Waals surface area contributed by atoms with Gasteiger partial charge in [0.05, 0.1) is 0 Å². The Hall–Kier alpha value is -3.56. The molecule has 16 heteroatoms. The van der Waals surface area contributed by atoms with Gasteiger partial charge in [0, 0.05) is 30.2 Å². The first-order valence-electron chi connectivity index (χ1n) is 12.1. The summed E-state index contributed by atoms with van der Waals surface area (Å²) in [6.45, 7) is 4.85. The smallest absolute Gasteiger partial charge is 0.426 e. The van der Waals surface area contributed by atoms with Crippen molar-refractivity contribution in [2.75, 3.05) is 12.9 Å². The third kappa shape index (κ3) is 7.40. The van der Waals surface area contributed by atoms with Gasteiger partial charge in [0.1, 0.15) is 17.4 Å². The molecule has 1 fully saturated rings. The third-order valence-corrected chi connectivity index (χ3v) is 7.60. The minimum Gasteiger partial charge on any atom is -0.426 e. The van der Waals surface area contributed by atoms with Gasteiger partial charge in [-0.15, -0.1) is 13.2 Å². The number of alkyl halides is 3. The molecule has 2 unspecified atom stereocenters. The number of fused-ring (bicyclic) bond motifs is 1. The number of aliphatic imine (C=N–C) groups is 1. The van der Waals surface area contributed by atoms with Crippen molar-refractivity contribution in [2.24, 2.45) is 4.99 Å². The Labute approximate surface area is 239 Å². The van der Waals surface area contributed by atoms with Crippen LogP contribution >= 0.6 is 11.6 Å². The number of nitrogens with one attached hydrogen (secondary N) is 1. The summed E-state index contributed by atoms with van der Waals surface area (Å²) in [6.07, 6.45) is -6.04. The fraction of sp³-hybridized carbons (Fsp3) is 0.400. The number of rotatable bonds is 7. The monoisotopic (exact) mass is 617 g/mol. The number of urea groups is 1. The first kappa shape index (κ1) is 30.4. The highest BCUT2D eigenvalue weighted by molar-refractivity contribution is 7.89. The summed E-state index contributed by atoms with van der Waals surface area (Å²) in [5.74, 6) is -2.40. The van der Waals surface area contributed by atoms with Crippen LogP contribution < -0.4 is 14.2 Å². The van der Waals surface area contributed by atoms with Crippen LogP contribution in [0.4, 0.5) is 18.0 Å². The molecular weight excluding hydrogens is 591 g/mol. The highest BCUT2D eigenvalue weighted by Crippen LogP contribution is 2.32. The molecule has 222 valence electrons. The predicted molar refractivity (Wildman–Crippen MR) is 142 cm³/mol. The second-order valence-corrected chi connectivity index (χ2v) is 12.5. The Morgan fingerprint density at radius 1 is 1.05 bits per heavy atom. The van der Waals surface area contributed by atoms with Crippen LogP contribution in [0.2, 0.25) is 5.02 Å². The number of carbonyl (C=O) groups is 2. The number of benzene rings is 2. The molecule has 4 rings (SSSR count). The van der Waals surface area contributed by atoms with Crippen molar-refractivity contribution >= 4 is 39.6 Å². The van der Waals surface area contributed by atoms with Gasteiger partial charge in [-0.1, -0.05) is 29.8 Å². The van der Waals surface area contributed by atoms with E-state index in [4.69, 9.17) is 16.3 Å². The van der Waals surface area contributed by atoms with E-state index < -0.39 is 57.7 Å². The maximum Gasteiger partial charge on any atom is 0.573 e. The average Bonchev–Trinajstić information content (AvgIpc) is 3.17. The number of likely N-dealkylation sites (N-methyl/N-ethyl adjacent to an activating group) is 1. The number of hydrogen-bond donors (Lipinski definition) is 1. The zero-order valence-corrected chi connectivity index (χ0v) is 23.9. The highest BCUT2D eigenvalue weighted by Gasteiger charge is 2.53. The summed E-state index contributed by atoms with van der Waals surface area (Å²) in [7, 11) is -2.76. The summed E-state index contributed by atoms with van der Waals surface area (Å²) in [5, 5.41) is 0.460. The first-order chi connectivity index (χ1) is 18.9. The van der Waals surface area contributed by atoms with Gasteiger partial charge in [-0.2, -0.15) is 0 Å². The SMILES string of the molecule is CN1C(=O)N(CS(=O)(=O)NC(C)(C)C)C(=O)C2C1N=C(Oc1cccc(OC(F)(F)F)c1)N2Cc1ccc(Cl)cc1. The topological polar surface area (TPSA) is 121 Å². The zero-order valence-electron chi connectivity index (χ0n) is 22.3. The van der Waals surface area contributed by atoms with Gasteiger partial charge in [-0.25, -0.2) is 27.8 Å².